The fourth-order valence-corrected chi connectivity index (χ4v) is 6.49. The molecule has 2 aliphatic rings. The molecule has 2 aromatic carbocycles. The van der Waals surface area contributed by atoms with Crippen molar-refractivity contribution < 1.29 is 17.9 Å². The van der Waals surface area contributed by atoms with Crippen LogP contribution in [0.1, 0.15) is 23.9 Å². The number of nitrogens with zero attached hydrogens (tertiary/aromatic N) is 2. The highest BCUT2D eigenvalue weighted by Gasteiger charge is 2.38. The van der Waals surface area contributed by atoms with Gasteiger partial charge in [0.25, 0.3) is 0 Å². The molecule has 0 aliphatic carbocycles. The number of fused-ring (bicyclic) bond motifs is 2. The summed E-state index contributed by atoms with van der Waals surface area (Å²) in [5.41, 5.74) is 0.918. The fraction of sp³-hybridized carbons (Fsp3) is 0.316. The molecule has 0 bridgehead atoms. The average molecular weight is 402 g/mol. The summed E-state index contributed by atoms with van der Waals surface area (Å²) in [6.07, 6.45) is 1.61. The van der Waals surface area contributed by atoms with Gasteiger partial charge in [-0.15, -0.1) is 11.3 Å². The zero-order chi connectivity index (χ0) is 18.4. The monoisotopic (exact) mass is 402 g/mol. The van der Waals surface area contributed by atoms with Crippen LogP contribution in [0.5, 0.6) is 11.5 Å². The number of sulfonamides is 1. The molecule has 1 atom stereocenters. The molecule has 0 N–H and O–H groups in total. The Balaban J connectivity index is 1.52. The predicted octanol–water partition coefficient (Wildman–Crippen LogP) is 3.59. The Morgan fingerprint density at radius 2 is 1.89 bits per heavy atom. The van der Waals surface area contributed by atoms with Crippen LogP contribution in [0.15, 0.2) is 47.4 Å². The van der Waals surface area contributed by atoms with Gasteiger partial charge in [-0.05, 0) is 37.1 Å². The molecule has 0 spiro atoms. The molecule has 6 nitrogen and oxygen atoms in total. The highest BCUT2D eigenvalue weighted by Crippen LogP contribution is 2.41. The minimum atomic E-state index is -3.64. The third-order valence-corrected chi connectivity index (χ3v) is 7.96. The van der Waals surface area contributed by atoms with Crippen LogP contribution in [0.4, 0.5) is 0 Å². The summed E-state index contributed by atoms with van der Waals surface area (Å²) in [7, 11) is -3.64. The number of aromatic nitrogens is 1. The second kappa shape index (κ2) is 6.47. The summed E-state index contributed by atoms with van der Waals surface area (Å²) >= 11 is 1.57. The van der Waals surface area contributed by atoms with E-state index in [2.05, 4.69) is 0 Å². The Labute approximate surface area is 161 Å². The fourth-order valence-electron chi connectivity index (χ4n) is 3.63. The van der Waals surface area contributed by atoms with Crippen LogP contribution < -0.4 is 9.47 Å². The van der Waals surface area contributed by atoms with Gasteiger partial charge in [0.1, 0.15) is 18.2 Å². The minimum absolute atomic E-state index is 0.222. The summed E-state index contributed by atoms with van der Waals surface area (Å²) in [5.74, 6) is 1.07. The molecule has 8 heteroatoms. The Morgan fingerprint density at radius 1 is 1.07 bits per heavy atom. The smallest absolute Gasteiger partial charge is 0.243 e. The van der Waals surface area contributed by atoms with E-state index >= 15 is 0 Å². The van der Waals surface area contributed by atoms with Gasteiger partial charge in [-0.3, -0.25) is 0 Å². The maximum Gasteiger partial charge on any atom is 0.243 e. The maximum absolute atomic E-state index is 13.3. The molecule has 2 aliphatic heterocycles. The zero-order valence-electron chi connectivity index (χ0n) is 14.5. The first-order valence-corrected chi connectivity index (χ1v) is 11.2. The Morgan fingerprint density at radius 3 is 2.74 bits per heavy atom. The van der Waals surface area contributed by atoms with E-state index in [1.165, 1.54) is 0 Å². The summed E-state index contributed by atoms with van der Waals surface area (Å²) in [5, 5.41) is 0.856. The van der Waals surface area contributed by atoms with Crippen LogP contribution in [0.3, 0.4) is 0 Å². The van der Waals surface area contributed by atoms with Gasteiger partial charge in [0.15, 0.2) is 11.5 Å². The van der Waals surface area contributed by atoms with E-state index in [0.717, 1.165) is 28.1 Å². The van der Waals surface area contributed by atoms with Crippen LogP contribution >= 0.6 is 11.3 Å². The Bertz CT molecular complexity index is 1080. The van der Waals surface area contributed by atoms with Crippen molar-refractivity contribution in [2.45, 2.75) is 23.8 Å². The quantitative estimate of drug-likeness (QED) is 0.670. The number of hydrogen-bond donors (Lipinski definition) is 0. The molecule has 140 valence electrons. The van der Waals surface area contributed by atoms with E-state index in [1.807, 2.05) is 24.3 Å². The van der Waals surface area contributed by atoms with Gasteiger partial charge in [-0.2, -0.15) is 4.31 Å². The van der Waals surface area contributed by atoms with Gasteiger partial charge in [0.2, 0.25) is 10.0 Å². The van der Waals surface area contributed by atoms with Crippen molar-refractivity contribution in [2.24, 2.45) is 0 Å². The van der Waals surface area contributed by atoms with E-state index in [1.54, 1.807) is 33.8 Å². The summed E-state index contributed by atoms with van der Waals surface area (Å²) in [6, 6.07) is 12.5. The van der Waals surface area contributed by atoms with Gasteiger partial charge in [-0.1, -0.05) is 12.1 Å². The Kier molecular flexibility index (Phi) is 4.07. The van der Waals surface area contributed by atoms with E-state index in [0.29, 0.717) is 31.3 Å². The van der Waals surface area contributed by atoms with E-state index in [4.69, 9.17) is 14.5 Å². The standard InChI is InChI=1S/C19H18N2O4S2/c22-27(23,13-7-8-16-17(12-13)25-11-10-24-16)21-9-3-5-15(21)19-20-14-4-1-2-6-18(14)26-19/h1-2,4,6-8,12,15H,3,5,9-11H2. The molecule has 0 amide bonds. The topological polar surface area (TPSA) is 68.7 Å². The zero-order valence-corrected chi connectivity index (χ0v) is 16.1. The summed E-state index contributed by atoms with van der Waals surface area (Å²) < 4.78 is 40.4. The highest BCUT2D eigenvalue weighted by molar-refractivity contribution is 7.89. The van der Waals surface area contributed by atoms with Gasteiger partial charge in [0, 0.05) is 12.6 Å². The first kappa shape index (κ1) is 17.0. The molecule has 27 heavy (non-hydrogen) atoms. The number of ether oxygens (including phenoxy) is 2. The number of rotatable bonds is 3. The second-order valence-electron chi connectivity index (χ2n) is 6.60. The summed E-state index contributed by atoms with van der Waals surface area (Å²) in [6.45, 7) is 1.40. The van der Waals surface area contributed by atoms with Crippen molar-refractivity contribution in [1.82, 2.24) is 9.29 Å². The minimum Gasteiger partial charge on any atom is -0.486 e. The molecule has 0 saturated carbocycles. The lowest BCUT2D eigenvalue weighted by Crippen LogP contribution is -2.30. The van der Waals surface area contributed by atoms with E-state index in [-0.39, 0.29) is 10.9 Å². The van der Waals surface area contributed by atoms with Crippen molar-refractivity contribution in [2.75, 3.05) is 19.8 Å². The first-order valence-electron chi connectivity index (χ1n) is 8.90. The molecule has 1 fully saturated rings. The lowest BCUT2D eigenvalue weighted by molar-refractivity contribution is 0.171. The van der Waals surface area contributed by atoms with E-state index in [9.17, 15) is 8.42 Å². The molecule has 3 aromatic rings. The van der Waals surface area contributed by atoms with Crippen molar-refractivity contribution in [3.8, 4) is 11.5 Å². The molecule has 5 rings (SSSR count). The van der Waals surface area contributed by atoms with Crippen molar-refractivity contribution in [1.29, 1.82) is 0 Å². The first-order chi connectivity index (χ1) is 13.1. The largest absolute Gasteiger partial charge is 0.486 e. The van der Waals surface area contributed by atoms with Crippen LogP contribution in [-0.2, 0) is 10.0 Å². The predicted molar refractivity (Wildman–Crippen MR) is 103 cm³/mol. The van der Waals surface area contributed by atoms with E-state index < -0.39 is 10.0 Å². The number of para-hydroxylation sites is 1. The molecule has 1 unspecified atom stereocenters. The molecule has 1 saturated heterocycles. The molecule has 1 aromatic heterocycles. The van der Waals surface area contributed by atoms with Gasteiger partial charge >= 0.3 is 0 Å². The van der Waals surface area contributed by atoms with Crippen LogP contribution in [0, 0.1) is 0 Å². The Hall–Kier alpha value is -2.16. The third kappa shape index (κ3) is 2.88. The van der Waals surface area contributed by atoms with Gasteiger partial charge < -0.3 is 9.47 Å². The highest BCUT2D eigenvalue weighted by atomic mass is 32.2. The third-order valence-electron chi connectivity index (χ3n) is 4.92. The lowest BCUT2D eigenvalue weighted by Gasteiger charge is -2.24. The van der Waals surface area contributed by atoms with Crippen LogP contribution in [-0.4, -0.2) is 37.5 Å². The number of thiazole rings is 1. The normalized spacial score (nSPS) is 20.2. The lowest BCUT2D eigenvalue weighted by atomic mass is 10.2. The second-order valence-corrected chi connectivity index (χ2v) is 9.55. The van der Waals surface area contributed by atoms with Crippen molar-refractivity contribution >= 4 is 31.6 Å². The number of hydrogen-bond acceptors (Lipinski definition) is 6. The molecule has 3 heterocycles. The SMILES string of the molecule is O=S(=O)(c1ccc2c(c1)OCCO2)N1CCCC1c1nc2ccccc2s1. The van der Waals surface area contributed by atoms with Crippen molar-refractivity contribution in [3.05, 3.63) is 47.5 Å². The maximum atomic E-state index is 13.3. The average Bonchev–Trinajstić information content (AvgIpc) is 3.34. The molecular formula is C19H18N2O4S2. The van der Waals surface area contributed by atoms with Crippen molar-refractivity contribution in [3.63, 3.8) is 0 Å². The van der Waals surface area contributed by atoms with Crippen LogP contribution in [0.2, 0.25) is 0 Å². The van der Waals surface area contributed by atoms with Gasteiger partial charge in [-0.25, -0.2) is 13.4 Å². The number of benzene rings is 2. The van der Waals surface area contributed by atoms with Gasteiger partial charge in [0.05, 0.1) is 21.2 Å². The summed E-state index contributed by atoms with van der Waals surface area (Å²) in [4.78, 5) is 4.93. The molecule has 0 radical (unpaired) electrons. The molecular weight excluding hydrogens is 384 g/mol. The van der Waals surface area contributed by atoms with Crippen LogP contribution in [0.25, 0.3) is 10.2 Å².